The predicted molar refractivity (Wildman–Crippen MR) is 130 cm³/mol. The van der Waals surface area contributed by atoms with Crippen molar-refractivity contribution < 1.29 is 14.3 Å². The number of aromatic nitrogens is 1. The van der Waals surface area contributed by atoms with Gasteiger partial charge in [-0.25, -0.2) is 0 Å². The number of amides is 1. The summed E-state index contributed by atoms with van der Waals surface area (Å²) in [5, 5.41) is 0.913. The minimum Gasteiger partial charge on any atom is -0.497 e. The molecule has 1 heterocycles. The van der Waals surface area contributed by atoms with E-state index in [9.17, 15) is 9.59 Å². The van der Waals surface area contributed by atoms with Crippen molar-refractivity contribution in [2.45, 2.75) is 20.4 Å². The Hall–Kier alpha value is -4.06. The lowest BCUT2D eigenvalue weighted by Gasteiger charge is -2.23. The highest BCUT2D eigenvalue weighted by atomic mass is 16.5. The van der Waals surface area contributed by atoms with Crippen LogP contribution in [0.2, 0.25) is 0 Å². The number of anilines is 1. The number of carbonyl (C=O) groups excluding carboxylic acids is 1. The summed E-state index contributed by atoms with van der Waals surface area (Å²) in [7, 11) is 1.56. The van der Waals surface area contributed by atoms with Gasteiger partial charge in [0.25, 0.3) is 11.5 Å². The van der Waals surface area contributed by atoms with Crippen molar-refractivity contribution in [2.75, 3.05) is 18.6 Å². The molecule has 6 heteroatoms. The van der Waals surface area contributed by atoms with E-state index in [2.05, 4.69) is 4.98 Å². The van der Waals surface area contributed by atoms with Crippen LogP contribution in [0.15, 0.2) is 77.6 Å². The Morgan fingerprint density at radius 2 is 1.76 bits per heavy atom. The number of fused-ring (bicyclic) bond motifs is 1. The SMILES string of the molecule is CCOc1ccc(N(Cc2cc3ccc(C)cc3[nH]c2=O)C(=O)c2cccc(OC)c2)cc1. The number of hydrogen-bond donors (Lipinski definition) is 1. The molecule has 1 amide bonds. The van der Waals surface area contributed by atoms with Crippen LogP contribution >= 0.6 is 0 Å². The lowest BCUT2D eigenvalue weighted by molar-refractivity contribution is 0.0984. The minimum absolute atomic E-state index is 0.114. The average Bonchev–Trinajstić information content (AvgIpc) is 2.83. The molecule has 0 aliphatic rings. The standard InChI is InChI=1S/C27H26N2O4/c1-4-33-23-12-10-22(11-13-23)29(27(31)20-6-5-7-24(16-20)32-3)17-21-15-19-9-8-18(2)14-25(19)28-26(21)30/h5-16H,4,17H2,1-3H3,(H,28,30). The van der Waals surface area contributed by atoms with Crippen molar-refractivity contribution >= 4 is 22.5 Å². The molecular weight excluding hydrogens is 416 g/mol. The molecule has 0 radical (unpaired) electrons. The van der Waals surface area contributed by atoms with E-state index in [-0.39, 0.29) is 18.0 Å². The van der Waals surface area contributed by atoms with E-state index in [4.69, 9.17) is 9.47 Å². The number of H-pyrrole nitrogens is 1. The highest BCUT2D eigenvalue weighted by Crippen LogP contribution is 2.25. The number of pyridine rings is 1. The zero-order valence-electron chi connectivity index (χ0n) is 18.9. The first kappa shape index (κ1) is 22.1. The molecule has 0 atom stereocenters. The van der Waals surface area contributed by atoms with E-state index < -0.39 is 0 Å². The predicted octanol–water partition coefficient (Wildman–Crippen LogP) is 5.09. The lowest BCUT2D eigenvalue weighted by atomic mass is 10.1. The highest BCUT2D eigenvalue weighted by molar-refractivity contribution is 6.06. The maximum atomic E-state index is 13.6. The van der Waals surface area contributed by atoms with Crippen molar-refractivity contribution in [2.24, 2.45) is 0 Å². The summed E-state index contributed by atoms with van der Waals surface area (Å²) in [5.74, 6) is 1.07. The van der Waals surface area contributed by atoms with E-state index in [1.165, 1.54) is 0 Å². The quantitative estimate of drug-likeness (QED) is 0.433. The van der Waals surface area contributed by atoms with Crippen molar-refractivity contribution in [1.82, 2.24) is 4.98 Å². The largest absolute Gasteiger partial charge is 0.497 e. The van der Waals surface area contributed by atoms with Gasteiger partial charge in [-0.3, -0.25) is 9.59 Å². The second-order valence-corrected chi connectivity index (χ2v) is 7.76. The molecule has 0 unspecified atom stereocenters. The molecule has 0 spiro atoms. The van der Waals surface area contributed by atoms with Crippen LogP contribution in [-0.2, 0) is 6.54 Å². The monoisotopic (exact) mass is 442 g/mol. The first-order valence-corrected chi connectivity index (χ1v) is 10.8. The fourth-order valence-electron chi connectivity index (χ4n) is 3.73. The number of carbonyl (C=O) groups is 1. The van der Waals surface area contributed by atoms with Gasteiger partial charge >= 0.3 is 0 Å². The maximum absolute atomic E-state index is 13.6. The van der Waals surface area contributed by atoms with Gasteiger partial charge in [-0.1, -0.05) is 18.2 Å². The van der Waals surface area contributed by atoms with E-state index in [0.717, 1.165) is 16.5 Å². The number of ether oxygens (including phenoxy) is 2. The van der Waals surface area contributed by atoms with E-state index in [1.54, 1.807) is 36.3 Å². The lowest BCUT2D eigenvalue weighted by Crippen LogP contribution is -2.32. The molecule has 3 aromatic carbocycles. The Morgan fingerprint density at radius 3 is 2.48 bits per heavy atom. The summed E-state index contributed by atoms with van der Waals surface area (Å²) in [5.41, 5.74) is 3.25. The number of methoxy groups -OCH3 is 1. The maximum Gasteiger partial charge on any atom is 0.258 e. The molecule has 168 valence electrons. The van der Waals surface area contributed by atoms with Crippen LogP contribution in [0.25, 0.3) is 10.9 Å². The first-order valence-electron chi connectivity index (χ1n) is 10.8. The molecule has 0 aliphatic heterocycles. The Kier molecular flexibility index (Phi) is 6.45. The van der Waals surface area contributed by atoms with Crippen LogP contribution in [0.3, 0.4) is 0 Å². The number of nitrogens with one attached hydrogen (secondary N) is 1. The van der Waals surface area contributed by atoms with Crippen molar-refractivity contribution in [3.8, 4) is 11.5 Å². The summed E-state index contributed by atoms with van der Waals surface area (Å²) in [6.45, 7) is 4.56. The van der Waals surface area contributed by atoms with E-state index in [0.29, 0.717) is 34.9 Å². The Morgan fingerprint density at radius 1 is 0.970 bits per heavy atom. The second kappa shape index (κ2) is 9.61. The fraction of sp³-hybridized carbons (Fsp3) is 0.185. The van der Waals surface area contributed by atoms with Gasteiger partial charge in [-0.2, -0.15) is 0 Å². The van der Waals surface area contributed by atoms with Gasteiger partial charge in [0.05, 0.1) is 20.3 Å². The molecule has 0 saturated heterocycles. The van der Waals surface area contributed by atoms with Gasteiger partial charge < -0.3 is 19.4 Å². The summed E-state index contributed by atoms with van der Waals surface area (Å²) < 4.78 is 10.8. The Bertz CT molecular complexity index is 1340. The van der Waals surface area contributed by atoms with E-state index >= 15 is 0 Å². The van der Waals surface area contributed by atoms with Crippen LogP contribution in [0.5, 0.6) is 11.5 Å². The minimum atomic E-state index is -0.235. The summed E-state index contributed by atoms with van der Waals surface area (Å²) in [6, 6.07) is 22.0. The number of aromatic amines is 1. The van der Waals surface area contributed by atoms with Crippen LogP contribution < -0.4 is 19.9 Å². The smallest absolute Gasteiger partial charge is 0.258 e. The van der Waals surface area contributed by atoms with Crippen LogP contribution in [-0.4, -0.2) is 24.6 Å². The van der Waals surface area contributed by atoms with Gasteiger partial charge in [-0.15, -0.1) is 0 Å². The molecule has 4 rings (SSSR count). The van der Waals surface area contributed by atoms with Gasteiger partial charge in [0.2, 0.25) is 0 Å². The number of benzene rings is 3. The number of hydrogen-bond acceptors (Lipinski definition) is 4. The number of rotatable bonds is 7. The highest BCUT2D eigenvalue weighted by Gasteiger charge is 2.20. The third kappa shape index (κ3) is 4.90. The van der Waals surface area contributed by atoms with Crippen molar-refractivity contribution in [3.05, 3.63) is 99.8 Å². The van der Waals surface area contributed by atoms with Crippen LogP contribution in [0, 0.1) is 6.92 Å². The van der Waals surface area contributed by atoms with Gasteiger partial charge in [0, 0.05) is 22.3 Å². The molecule has 6 nitrogen and oxygen atoms in total. The van der Waals surface area contributed by atoms with Crippen molar-refractivity contribution in [3.63, 3.8) is 0 Å². The molecule has 4 aromatic rings. The molecule has 1 aromatic heterocycles. The van der Waals surface area contributed by atoms with E-state index in [1.807, 2.05) is 62.4 Å². The summed E-state index contributed by atoms with van der Waals surface area (Å²) >= 11 is 0. The molecule has 0 bridgehead atoms. The number of nitrogens with zero attached hydrogens (tertiary/aromatic N) is 1. The van der Waals surface area contributed by atoms with Crippen LogP contribution in [0.1, 0.15) is 28.4 Å². The zero-order chi connectivity index (χ0) is 23.4. The molecule has 33 heavy (non-hydrogen) atoms. The number of aryl methyl sites for hydroxylation is 1. The van der Waals surface area contributed by atoms with Gasteiger partial charge in [0.1, 0.15) is 11.5 Å². The first-order chi connectivity index (χ1) is 16.0. The Balaban J connectivity index is 1.76. The second-order valence-electron chi connectivity index (χ2n) is 7.76. The third-order valence-electron chi connectivity index (χ3n) is 5.43. The Labute approximate surface area is 192 Å². The summed E-state index contributed by atoms with van der Waals surface area (Å²) in [4.78, 5) is 31.0. The zero-order valence-corrected chi connectivity index (χ0v) is 18.9. The fourth-order valence-corrected chi connectivity index (χ4v) is 3.73. The molecular formula is C27H26N2O4. The molecule has 0 saturated carbocycles. The molecule has 1 N–H and O–H groups in total. The normalized spacial score (nSPS) is 10.8. The van der Waals surface area contributed by atoms with Gasteiger partial charge in [-0.05, 0) is 79.4 Å². The summed E-state index contributed by atoms with van der Waals surface area (Å²) in [6.07, 6.45) is 0. The topological polar surface area (TPSA) is 71.6 Å². The third-order valence-corrected chi connectivity index (χ3v) is 5.43. The average molecular weight is 443 g/mol. The van der Waals surface area contributed by atoms with Crippen molar-refractivity contribution in [1.29, 1.82) is 0 Å². The van der Waals surface area contributed by atoms with Gasteiger partial charge in [0.15, 0.2) is 0 Å². The molecule has 0 aliphatic carbocycles. The van der Waals surface area contributed by atoms with Crippen LogP contribution in [0.4, 0.5) is 5.69 Å². The molecule has 0 fully saturated rings.